The number of amides is 2. The molecule has 3 aromatic carbocycles. The quantitative estimate of drug-likeness (QED) is 0.424. The summed E-state index contributed by atoms with van der Waals surface area (Å²) in [7, 11) is 1.56. The molecule has 0 fully saturated rings. The zero-order chi connectivity index (χ0) is 24.4. The van der Waals surface area contributed by atoms with Crippen molar-refractivity contribution in [2.24, 2.45) is 0 Å². The topological polar surface area (TPSA) is 92.9 Å². The molecule has 0 bridgehead atoms. The first-order valence-electron chi connectivity index (χ1n) is 10.9. The maximum absolute atomic E-state index is 13.3. The molecule has 1 aliphatic rings. The molecule has 8 nitrogen and oxygen atoms in total. The molecule has 35 heavy (non-hydrogen) atoms. The van der Waals surface area contributed by atoms with Gasteiger partial charge >= 0.3 is 6.03 Å². The van der Waals surface area contributed by atoms with Crippen LogP contribution < -0.4 is 25.1 Å². The molecule has 1 aromatic heterocycles. The van der Waals surface area contributed by atoms with E-state index in [1.54, 1.807) is 31.4 Å². The van der Waals surface area contributed by atoms with Crippen LogP contribution in [0.3, 0.4) is 0 Å². The first-order chi connectivity index (χ1) is 17.0. The van der Waals surface area contributed by atoms with E-state index in [2.05, 4.69) is 10.3 Å². The van der Waals surface area contributed by atoms with Gasteiger partial charge in [-0.15, -0.1) is 0 Å². The maximum atomic E-state index is 13.3. The van der Waals surface area contributed by atoms with Crippen molar-refractivity contribution in [1.29, 1.82) is 0 Å². The lowest BCUT2D eigenvalue weighted by atomic mass is 10.1. The minimum absolute atomic E-state index is 0.0186. The maximum Gasteiger partial charge on any atom is 0.322 e. The van der Waals surface area contributed by atoms with Crippen molar-refractivity contribution >= 4 is 22.6 Å². The molecule has 0 saturated carbocycles. The molecule has 9 heteroatoms. The molecule has 2 amide bonds. The number of para-hydroxylation sites is 1. The number of urea groups is 1. The molecule has 0 saturated heterocycles. The summed E-state index contributed by atoms with van der Waals surface area (Å²) in [6.07, 6.45) is 0. The highest BCUT2D eigenvalue weighted by Crippen LogP contribution is 2.35. The average Bonchev–Trinajstić information content (AvgIpc) is 3.31. The number of halogens is 1. The zero-order valence-corrected chi connectivity index (χ0v) is 18.8. The summed E-state index contributed by atoms with van der Waals surface area (Å²) in [5.41, 5.74) is 1.87. The summed E-state index contributed by atoms with van der Waals surface area (Å²) in [6, 6.07) is 17.6. The Balaban J connectivity index is 1.48. The number of aromatic nitrogens is 1. The second kappa shape index (κ2) is 9.38. The van der Waals surface area contributed by atoms with E-state index in [0.717, 1.165) is 10.9 Å². The van der Waals surface area contributed by atoms with E-state index in [-0.39, 0.29) is 25.4 Å². The first kappa shape index (κ1) is 22.3. The number of H-pyrrole nitrogens is 1. The van der Waals surface area contributed by atoms with Crippen LogP contribution in [0.1, 0.15) is 11.1 Å². The monoisotopic (exact) mass is 475 g/mol. The van der Waals surface area contributed by atoms with E-state index in [1.165, 1.54) is 29.2 Å². The van der Waals surface area contributed by atoms with Crippen LogP contribution in [-0.2, 0) is 13.1 Å². The molecule has 5 rings (SSSR count). The molecule has 178 valence electrons. The fourth-order valence-corrected chi connectivity index (χ4v) is 3.94. The number of carbonyl (C=O) groups excluding carboxylic acids is 1. The van der Waals surface area contributed by atoms with Gasteiger partial charge in [-0.25, -0.2) is 9.18 Å². The van der Waals surface area contributed by atoms with Crippen LogP contribution in [-0.4, -0.2) is 29.8 Å². The van der Waals surface area contributed by atoms with Crippen LogP contribution in [0.5, 0.6) is 17.2 Å². The highest BCUT2D eigenvalue weighted by molar-refractivity contribution is 5.89. The molecule has 1 aliphatic heterocycles. The molecule has 2 heterocycles. The van der Waals surface area contributed by atoms with Crippen molar-refractivity contribution in [3.8, 4) is 17.2 Å². The molecule has 0 aliphatic carbocycles. The lowest BCUT2D eigenvalue weighted by Crippen LogP contribution is -2.35. The van der Waals surface area contributed by atoms with Gasteiger partial charge in [-0.3, -0.25) is 4.79 Å². The van der Waals surface area contributed by atoms with Crippen LogP contribution >= 0.6 is 0 Å². The predicted molar refractivity (Wildman–Crippen MR) is 128 cm³/mol. The third kappa shape index (κ3) is 4.74. The van der Waals surface area contributed by atoms with Crippen molar-refractivity contribution in [2.75, 3.05) is 19.2 Å². The van der Waals surface area contributed by atoms with Crippen molar-refractivity contribution in [3.05, 3.63) is 94.0 Å². The van der Waals surface area contributed by atoms with Crippen molar-refractivity contribution < 1.29 is 23.4 Å². The van der Waals surface area contributed by atoms with Crippen LogP contribution in [0.4, 0.5) is 14.9 Å². The Kier molecular flexibility index (Phi) is 5.97. The average molecular weight is 475 g/mol. The van der Waals surface area contributed by atoms with Gasteiger partial charge < -0.3 is 29.4 Å². The van der Waals surface area contributed by atoms with Crippen LogP contribution in [0.15, 0.2) is 71.5 Å². The molecular formula is C26H22FN3O5. The Bertz CT molecular complexity index is 1450. The fraction of sp³-hybridized carbons (Fsp3) is 0.154. The second-order valence-electron chi connectivity index (χ2n) is 8.02. The lowest BCUT2D eigenvalue weighted by molar-refractivity contribution is 0.174. The first-order valence-corrected chi connectivity index (χ1v) is 10.9. The van der Waals surface area contributed by atoms with Crippen molar-refractivity contribution in [1.82, 2.24) is 9.88 Å². The van der Waals surface area contributed by atoms with Crippen LogP contribution in [0, 0.1) is 5.82 Å². The van der Waals surface area contributed by atoms with Gasteiger partial charge in [0, 0.05) is 28.3 Å². The second-order valence-corrected chi connectivity index (χ2v) is 8.02. The molecule has 0 spiro atoms. The zero-order valence-electron chi connectivity index (χ0n) is 18.8. The number of methoxy groups -OCH3 is 1. The van der Waals surface area contributed by atoms with Gasteiger partial charge in [-0.05, 0) is 42.5 Å². The van der Waals surface area contributed by atoms with E-state index in [4.69, 9.17) is 14.2 Å². The molecule has 2 N–H and O–H groups in total. The van der Waals surface area contributed by atoms with Gasteiger partial charge in [-0.2, -0.15) is 0 Å². The number of nitrogens with zero attached hydrogens (tertiary/aromatic N) is 1. The predicted octanol–water partition coefficient (Wildman–Crippen LogP) is 4.64. The number of nitrogens with one attached hydrogen (secondary N) is 2. The number of fused-ring (bicyclic) bond motifs is 2. The highest BCUT2D eigenvalue weighted by Gasteiger charge is 2.20. The lowest BCUT2D eigenvalue weighted by Gasteiger charge is -2.24. The van der Waals surface area contributed by atoms with E-state index < -0.39 is 11.8 Å². The van der Waals surface area contributed by atoms with E-state index in [9.17, 15) is 14.0 Å². The SMILES string of the molecule is COc1ccccc1CN(Cc1cc2cc3c(cc2[nH]c1=O)OCO3)C(=O)Nc1ccc(F)cc1. The fourth-order valence-electron chi connectivity index (χ4n) is 3.94. The normalized spacial score (nSPS) is 11.9. The minimum atomic E-state index is -0.451. The third-order valence-corrected chi connectivity index (χ3v) is 5.71. The van der Waals surface area contributed by atoms with Gasteiger partial charge in [-0.1, -0.05) is 18.2 Å². The van der Waals surface area contributed by atoms with Crippen LogP contribution in [0.25, 0.3) is 10.9 Å². The largest absolute Gasteiger partial charge is 0.496 e. The Hall–Kier alpha value is -4.53. The van der Waals surface area contributed by atoms with E-state index >= 15 is 0 Å². The number of hydrogen-bond acceptors (Lipinski definition) is 5. The summed E-state index contributed by atoms with van der Waals surface area (Å²) in [5, 5.41) is 3.52. The van der Waals surface area contributed by atoms with Crippen molar-refractivity contribution in [2.45, 2.75) is 13.1 Å². The number of rotatable bonds is 6. The molecule has 0 unspecified atom stereocenters. The minimum Gasteiger partial charge on any atom is -0.496 e. The summed E-state index contributed by atoms with van der Waals surface area (Å²) in [5.74, 6) is 1.37. The van der Waals surface area contributed by atoms with Gasteiger partial charge in [0.25, 0.3) is 5.56 Å². The number of ether oxygens (including phenoxy) is 3. The summed E-state index contributed by atoms with van der Waals surface area (Å²) < 4.78 is 29.6. The van der Waals surface area contributed by atoms with Gasteiger partial charge in [0.05, 0.1) is 25.7 Å². The van der Waals surface area contributed by atoms with Gasteiger partial charge in [0.15, 0.2) is 11.5 Å². The number of pyridine rings is 1. The van der Waals surface area contributed by atoms with Crippen LogP contribution in [0.2, 0.25) is 0 Å². The van der Waals surface area contributed by atoms with Crippen molar-refractivity contribution in [3.63, 3.8) is 0 Å². The van der Waals surface area contributed by atoms with Gasteiger partial charge in [0.2, 0.25) is 6.79 Å². The Labute approximate surface area is 199 Å². The van der Waals surface area contributed by atoms with E-state index in [0.29, 0.717) is 34.0 Å². The Morgan fingerprint density at radius 1 is 1.03 bits per heavy atom. The summed E-state index contributed by atoms with van der Waals surface area (Å²) >= 11 is 0. The smallest absolute Gasteiger partial charge is 0.322 e. The molecule has 0 atom stereocenters. The third-order valence-electron chi connectivity index (χ3n) is 5.71. The summed E-state index contributed by atoms with van der Waals surface area (Å²) in [6.45, 7) is 0.319. The summed E-state index contributed by atoms with van der Waals surface area (Å²) in [4.78, 5) is 30.5. The number of aromatic amines is 1. The van der Waals surface area contributed by atoms with E-state index in [1.807, 2.05) is 18.2 Å². The standard InChI is InChI=1S/C26H22FN3O5/c1-33-22-5-3-2-4-16(22)13-30(26(32)28-20-8-6-19(27)7-9-20)14-18-10-17-11-23-24(35-15-34-23)12-21(17)29-25(18)31/h2-12H,13-15H2,1H3,(H,28,32)(H,29,31). The highest BCUT2D eigenvalue weighted by atomic mass is 19.1. The van der Waals surface area contributed by atoms with Gasteiger partial charge in [0.1, 0.15) is 11.6 Å². The molecular weight excluding hydrogens is 453 g/mol. The Morgan fingerprint density at radius 2 is 1.74 bits per heavy atom. The molecule has 4 aromatic rings. The number of anilines is 1. The number of benzene rings is 3. The Morgan fingerprint density at radius 3 is 2.51 bits per heavy atom. The number of hydrogen-bond donors (Lipinski definition) is 2. The number of carbonyl (C=O) groups is 1. The molecule has 0 radical (unpaired) electrons.